The third kappa shape index (κ3) is 3.31. The molecule has 3 fully saturated rings. The quantitative estimate of drug-likeness (QED) is 0.491. The van der Waals surface area contributed by atoms with Crippen molar-refractivity contribution in [1.82, 2.24) is 30.5 Å². The van der Waals surface area contributed by atoms with Gasteiger partial charge in [-0.05, 0) is 30.9 Å². The molecular formula is C23H30N6O4S. The molecule has 3 amide bonds. The Morgan fingerprint density at radius 1 is 1.26 bits per heavy atom. The maximum Gasteiger partial charge on any atom is 0.245 e. The molecule has 0 aliphatic carbocycles. The maximum absolute atomic E-state index is 13.7. The average molecular weight is 487 g/mol. The summed E-state index contributed by atoms with van der Waals surface area (Å²) in [5.41, 5.74) is 1.53. The molecule has 3 aliphatic rings. The highest BCUT2D eigenvalue weighted by Gasteiger charge is 2.75. The molecule has 10 nitrogen and oxygen atoms in total. The second-order valence-electron chi connectivity index (χ2n) is 9.38. The second kappa shape index (κ2) is 8.84. The Bertz CT molecular complexity index is 1120. The van der Waals surface area contributed by atoms with Crippen LogP contribution in [0.5, 0.6) is 0 Å². The molecule has 182 valence electrons. The monoisotopic (exact) mass is 486 g/mol. The van der Waals surface area contributed by atoms with E-state index < -0.39 is 22.6 Å². The van der Waals surface area contributed by atoms with Crippen molar-refractivity contribution in [3.8, 4) is 0 Å². The summed E-state index contributed by atoms with van der Waals surface area (Å²) < 4.78 is 0.916. The molecule has 0 radical (unpaired) electrons. The Morgan fingerprint density at radius 3 is 2.82 bits per heavy atom. The lowest BCUT2D eigenvalue weighted by atomic mass is 9.66. The van der Waals surface area contributed by atoms with Gasteiger partial charge in [-0.3, -0.25) is 14.4 Å². The van der Waals surface area contributed by atoms with Gasteiger partial charge in [0.1, 0.15) is 18.2 Å². The number of aliphatic hydroxyl groups is 1. The van der Waals surface area contributed by atoms with Crippen LogP contribution in [0.4, 0.5) is 0 Å². The van der Waals surface area contributed by atoms with Crippen LogP contribution >= 0.6 is 11.8 Å². The highest BCUT2D eigenvalue weighted by molar-refractivity contribution is 8.02. The fraction of sp³-hybridized carbons (Fsp3) is 0.609. The molecule has 34 heavy (non-hydrogen) atoms. The van der Waals surface area contributed by atoms with Crippen LogP contribution in [0.15, 0.2) is 24.3 Å². The predicted molar refractivity (Wildman–Crippen MR) is 126 cm³/mol. The molecule has 2 aromatic rings. The summed E-state index contributed by atoms with van der Waals surface area (Å²) in [5.74, 6) is -1.56. The van der Waals surface area contributed by atoms with Crippen LogP contribution in [-0.2, 0) is 21.1 Å². The lowest BCUT2D eigenvalue weighted by molar-refractivity contribution is -0.140. The van der Waals surface area contributed by atoms with Gasteiger partial charge in [-0.2, -0.15) is 0 Å². The van der Waals surface area contributed by atoms with Crippen LogP contribution in [0, 0.1) is 17.8 Å². The van der Waals surface area contributed by atoms with Gasteiger partial charge in [-0.15, -0.1) is 16.9 Å². The van der Waals surface area contributed by atoms with E-state index in [0.29, 0.717) is 6.54 Å². The zero-order chi connectivity index (χ0) is 24.0. The van der Waals surface area contributed by atoms with Gasteiger partial charge in [-0.1, -0.05) is 31.2 Å². The SMILES string of the molecule is CCCNC(=O)[C@@H]1[C@H]2C(=O)N(CCO)C(C(=O)NCn3nnc4ccccc43)C23S[C@@H]1CC3C. The third-order valence-corrected chi connectivity index (χ3v) is 9.59. The molecule has 3 unspecified atom stereocenters. The first-order valence-electron chi connectivity index (χ1n) is 11.9. The van der Waals surface area contributed by atoms with Gasteiger partial charge in [0.15, 0.2) is 0 Å². The lowest BCUT2D eigenvalue weighted by Gasteiger charge is -2.38. The smallest absolute Gasteiger partial charge is 0.245 e. The van der Waals surface area contributed by atoms with Gasteiger partial charge in [0.05, 0.1) is 28.7 Å². The normalized spacial score (nSPS) is 31.8. The lowest BCUT2D eigenvalue weighted by Crippen LogP contribution is -2.57. The number of amides is 3. The molecule has 4 heterocycles. The van der Waals surface area contributed by atoms with Gasteiger partial charge < -0.3 is 20.6 Å². The predicted octanol–water partition coefficient (Wildman–Crippen LogP) is 0.361. The van der Waals surface area contributed by atoms with Crippen LogP contribution in [0.3, 0.4) is 0 Å². The molecule has 5 rings (SSSR count). The van der Waals surface area contributed by atoms with Crippen molar-refractivity contribution in [3.05, 3.63) is 24.3 Å². The van der Waals surface area contributed by atoms with Gasteiger partial charge in [0.2, 0.25) is 17.7 Å². The number of rotatable bonds is 8. The topological polar surface area (TPSA) is 129 Å². The molecule has 1 spiro atoms. The van der Waals surface area contributed by atoms with Crippen LogP contribution in [0.2, 0.25) is 0 Å². The zero-order valence-corrected chi connectivity index (χ0v) is 20.1. The van der Waals surface area contributed by atoms with Crippen molar-refractivity contribution in [2.75, 3.05) is 19.7 Å². The summed E-state index contributed by atoms with van der Waals surface area (Å²) in [5, 5.41) is 23.9. The molecule has 1 aromatic carbocycles. The van der Waals surface area contributed by atoms with Crippen molar-refractivity contribution >= 4 is 40.5 Å². The Kier molecular flexibility index (Phi) is 6.01. The number of benzene rings is 1. The summed E-state index contributed by atoms with van der Waals surface area (Å²) in [6.07, 6.45) is 1.60. The fourth-order valence-corrected chi connectivity index (χ4v) is 8.54. The molecule has 6 atom stereocenters. The molecule has 3 saturated heterocycles. The Hall–Kier alpha value is -2.66. The van der Waals surface area contributed by atoms with Gasteiger partial charge >= 0.3 is 0 Å². The Balaban J connectivity index is 1.44. The summed E-state index contributed by atoms with van der Waals surface area (Å²) >= 11 is 1.62. The van der Waals surface area contributed by atoms with Gasteiger partial charge in [-0.25, -0.2) is 4.68 Å². The van der Waals surface area contributed by atoms with Crippen LogP contribution in [0.1, 0.15) is 26.7 Å². The number of fused-ring (bicyclic) bond motifs is 2. The summed E-state index contributed by atoms with van der Waals surface area (Å²) in [6, 6.07) is 6.72. The fourth-order valence-electron chi connectivity index (χ4n) is 6.12. The minimum atomic E-state index is -0.763. The first-order valence-corrected chi connectivity index (χ1v) is 12.7. The van der Waals surface area contributed by atoms with E-state index in [-0.39, 0.29) is 48.7 Å². The number of nitrogens with one attached hydrogen (secondary N) is 2. The standard InChI is InChI=1S/C23H30N6O4S/c1-3-8-24-20(31)17-16-11-13(2)23(34-16)18(17)22(33)28(9-10-30)19(23)21(32)25-12-29-15-7-5-4-6-14(15)26-27-29/h4-7,13,16-19,30H,3,8-12H2,1-2H3,(H,24,31)(H,25,32)/t13?,16-,17+,18+,19?,23?/m1/s1. The second-order valence-corrected chi connectivity index (χ2v) is 10.9. The van der Waals surface area contributed by atoms with Gasteiger partial charge in [0.25, 0.3) is 0 Å². The average Bonchev–Trinajstić information content (AvgIpc) is 3.54. The number of likely N-dealkylation sites (tertiary alicyclic amines) is 1. The number of hydrogen-bond acceptors (Lipinski definition) is 7. The first-order chi connectivity index (χ1) is 16.4. The minimum absolute atomic E-state index is 0.00615. The van der Waals surface area contributed by atoms with Crippen molar-refractivity contribution in [2.45, 2.75) is 49.4 Å². The number of thioether (sulfide) groups is 1. The highest BCUT2D eigenvalue weighted by Crippen LogP contribution is 2.68. The van der Waals surface area contributed by atoms with Crippen molar-refractivity contribution in [1.29, 1.82) is 0 Å². The molecule has 11 heteroatoms. The number of aromatic nitrogens is 3. The minimum Gasteiger partial charge on any atom is -0.395 e. The zero-order valence-electron chi connectivity index (χ0n) is 19.3. The van der Waals surface area contributed by atoms with Crippen LogP contribution in [0.25, 0.3) is 11.0 Å². The Labute approximate surface area is 201 Å². The third-order valence-electron chi connectivity index (χ3n) is 7.51. The van der Waals surface area contributed by atoms with E-state index in [9.17, 15) is 19.5 Å². The molecule has 3 aliphatic heterocycles. The number of carbonyl (C=O) groups is 3. The molecule has 1 aromatic heterocycles. The molecular weight excluding hydrogens is 456 g/mol. The van der Waals surface area contributed by atoms with Crippen molar-refractivity contribution in [2.24, 2.45) is 17.8 Å². The van der Waals surface area contributed by atoms with E-state index in [0.717, 1.165) is 23.9 Å². The van der Waals surface area contributed by atoms with Crippen molar-refractivity contribution < 1.29 is 19.5 Å². The Morgan fingerprint density at radius 2 is 2.06 bits per heavy atom. The number of aliphatic hydroxyl groups excluding tert-OH is 1. The number of nitrogens with zero attached hydrogens (tertiary/aromatic N) is 4. The highest BCUT2D eigenvalue weighted by atomic mass is 32.2. The van der Waals surface area contributed by atoms with E-state index in [1.807, 2.05) is 31.2 Å². The van der Waals surface area contributed by atoms with Gasteiger partial charge in [0, 0.05) is 18.3 Å². The molecule has 0 saturated carbocycles. The van der Waals surface area contributed by atoms with Crippen LogP contribution < -0.4 is 10.6 Å². The van der Waals surface area contributed by atoms with E-state index in [1.165, 1.54) is 4.90 Å². The van der Waals surface area contributed by atoms with E-state index in [2.05, 4.69) is 27.9 Å². The summed E-state index contributed by atoms with van der Waals surface area (Å²) in [6.45, 7) is 4.54. The number of β-amino-alcohol motifs (C(OH)–C–C–N with tert-alkyl or cyclic N) is 1. The number of hydrogen-bond donors (Lipinski definition) is 3. The van der Waals surface area contributed by atoms with E-state index in [4.69, 9.17) is 0 Å². The number of carbonyl (C=O) groups excluding carboxylic acids is 3. The summed E-state index contributed by atoms with van der Waals surface area (Å²) in [7, 11) is 0. The first kappa shape index (κ1) is 23.1. The van der Waals surface area contributed by atoms with E-state index >= 15 is 0 Å². The van der Waals surface area contributed by atoms with Crippen LogP contribution in [-0.4, -0.2) is 78.5 Å². The molecule has 2 bridgehead atoms. The number of para-hydroxylation sites is 1. The largest absolute Gasteiger partial charge is 0.395 e. The van der Waals surface area contributed by atoms with E-state index in [1.54, 1.807) is 16.4 Å². The molecule has 3 N–H and O–H groups in total. The maximum atomic E-state index is 13.7. The van der Waals surface area contributed by atoms with Crippen molar-refractivity contribution in [3.63, 3.8) is 0 Å². The summed E-state index contributed by atoms with van der Waals surface area (Å²) in [4.78, 5) is 41.9.